The predicted molar refractivity (Wildman–Crippen MR) is 154 cm³/mol. The Morgan fingerprint density at radius 1 is 1.02 bits per heavy atom. The third-order valence-electron chi connectivity index (χ3n) is 7.67. The van der Waals surface area contributed by atoms with Crippen LogP contribution in [0.3, 0.4) is 0 Å². The van der Waals surface area contributed by atoms with E-state index in [4.69, 9.17) is 4.98 Å². The van der Waals surface area contributed by atoms with Crippen LogP contribution in [0, 0.1) is 5.82 Å². The Bertz CT molecular complexity index is 1370. The number of hydrogen-bond donors (Lipinski definition) is 2. The molecule has 0 saturated carbocycles. The first-order valence-corrected chi connectivity index (χ1v) is 12.8. The van der Waals surface area contributed by atoms with Gasteiger partial charge in [0.15, 0.2) is 0 Å². The van der Waals surface area contributed by atoms with Crippen LogP contribution in [0.4, 0.5) is 29.2 Å². The van der Waals surface area contributed by atoms with Gasteiger partial charge in [-0.25, -0.2) is 19.3 Å². The third kappa shape index (κ3) is 6.55. The molecule has 0 spiro atoms. The van der Waals surface area contributed by atoms with Crippen LogP contribution in [0.25, 0.3) is 11.3 Å². The van der Waals surface area contributed by atoms with Crippen molar-refractivity contribution in [3.8, 4) is 11.3 Å². The number of aromatic nitrogens is 4. The Kier molecular flexibility index (Phi) is 10.5. The molecule has 0 radical (unpaired) electrons. The highest BCUT2D eigenvalue weighted by Gasteiger charge is 2.35. The van der Waals surface area contributed by atoms with Crippen molar-refractivity contribution in [3.05, 3.63) is 53.5 Å². The number of hydrogen-bond acceptors (Lipinski definition) is 6. The van der Waals surface area contributed by atoms with E-state index in [9.17, 15) is 22.4 Å². The summed E-state index contributed by atoms with van der Waals surface area (Å²) in [5.41, 5.74) is 0.180. The average molecular weight is 639 g/mol. The van der Waals surface area contributed by atoms with Gasteiger partial charge in [-0.2, -0.15) is 13.2 Å². The number of fused-ring (bicyclic) bond motifs is 1. The summed E-state index contributed by atoms with van der Waals surface area (Å²) < 4.78 is 56.2. The number of rotatable bonds is 4. The molecular formula is C26H30Cl3F4N7O. The molecule has 15 heteroatoms. The van der Waals surface area contributed by atoms with Gasteiger partial charge in [0.25, 0.3) is 0 Å². The van der Waals surface area contributed by atoms with E-state index in [1.165, 1.54) is 12.4 Å². The van der Waals surface area contributed by atoms with Crippen LogP contribution in [0.2, 0.25) is 0 Å². The van der Waals surface area contributed by atoms with E-state index in [0.29, 0.717) is 24.6 Å². The van der Waals surface area contributed by atoms with E-state index in [1.54, 1.807) is 0 Å². The fourth-order valence-electron chi connectivity index (χ4n) is 5.75. The van der Waals surface area contributed by atoms with Gasteiger partial charge in [-0.1, -0.05) is 0 Å². The van der Waals surface area contributed by atoms with Crippen molar-refractivity contribution in [3.63, 3.8) is 0 Å². The molecule has 2 N–H and O–H groups in total. The summed E-state index contributed by atoms with van der Waals surface area (Å²) in [7, 11) is 0. The summed E-state index contributed by atoms with van der Waals surface area (Å²) in [5.74, 6) is 0.873. The topological polar surface area (TPSA) is 88.0 Å². The van der Waals surface area contributed by atoms with Gasteiger partial charge in [-0.15, -0.1) is 37.2 Å². The number of nitrogens with one attached hydrogen (secondary N) is 2. The van der Waals surface area contributed by atoms with Crippen LogP contribution in [0.5, 0.6) is 0 Å². The summed E-state index contributed by atoms with van der Waals surface area (Å²) in [4.78, 5) is 27.5. The first kappa shape index (κ1) is 32.8. The summed E-state index contributed by atoms with van der Waals surface area (Å²) in [6.07, 6.45) is 2.23. The highest BCUT2D eigenvalue weighted by molar-refractivity contribution is 5.99. The number of carbonyl (C=O) groups is 1. The molecule has 3 aliphatic heterocycles. The summed E-state index contributed by atoms with van der Waals surface area (Å²) in [6.45, 7) is 3.08. The summed E-state index contributed by atoms with van der Waals surface area (Å²) >= 11 is 0. The number of nitrogens with zero attached hydrogens (tertiary/aromatic N) is 5. The van der Waals surface area contributed by atoms with Crippen molar-refractivity contribution in [1.29, 1.82) is 0 Å². The van der Waals surface area contributed by atoms with Crippen LogP contribution < -0.4 is 15.5 Å². The Morgan fingerprint density at radius 2 is 1.78 bits per heavy atom. The first-order chi connectivity index (χ1) is 18.3. The lowest BCUT2D eigenvalue weighted by Gasteiger charge is -2.34. The fourth-order valence-corrected chi connectivity index (χ4v) is 5.75. The quantitative estimate of drug-likeness (QED) is 0.364. The smallest absolute Gasteiger partial charge is 0.356 e. The van der Waals surface area contributed by atoms with E-state index in [0.717, 1.165) is 68.1 Å². The van der Waals surface area contributed by atoms with Gasteiger partial charge in [0.05, 0.1) is 17.7 Å². The third-order valence-corrected chi connectivity index (χ3v) is 7.67. The molecule has 5 heterocycles. The maximum atomic E-state index is 13.9. The molecule has 1 amide bonds. The first-order valence-electron chi connectivity index (χ1n) is 12.8. The molecule has 1 aromatic carbocycles. The number of imidazole rings is 1. The molecule has 41 heavy (non-hydrogen) atoms. The zero-order valence-corrected chi connectivity index (χ0v) is 24.2. The van der Waals surface area contributed by atoms with Crippen molar-refractivity contribution in [2.75, 3.05) is 36.4 Å². The molecule has 1 atom stereocenters. The number of amides is 1. The molecule has 3 aliphatic rings. The van der Waals surface area contributed by atoms with E-state index in [2.05, 4.69) is 30.1 Å². The fraction of sp³-hybridized carbons (Fsp3) is 0.462. The van der Waals surface area contributed by atoms with E-state index in [-0.39, 0.29) is 67.1 Å². The second-order valence-corrected chi connectivity index (χ2v) is 10.1. The molecule has 8 nitrogen and oxygen atoms in total. The zero-order chi connectivity index (χ0) is 26.4. The number of halogens is 7. The Balaban J connectivity index is 0.00000154. The number of carbonyl (C=O) groups excluding carboxylic acids is 1. The van der Waals surface area contributed by atoms with Gasteiger partial charge in [-0.3, -0.25) is 4.79 Å². The summed E-state index contributed by atoms with van der Waals surface area (Å²) in [5, 5.41) is 6.16. The standard InChI is InChI=1S/C26H27F4N7O.3ClH/c27-20-4-3-16(10-19(20)26(28,29)30)21-13-37(17-2-1-7-31-12-17)24(34-21)15-5-8-36(9-6-15)25-18-11-22(38)35-23(18)32-14-33-25;;;/h3-4,10,13-15,17,31H,1-2,5-9,11-12H2,(H,32,33,35,38);3*1H. The van der Waals surface area contributed by atoms with Gasteiger partial charge in [0, 0.05) is 48.9 Å². The molecule has 0 bridgehead atoms. The minimum atomic E-state index is -4.78. The monoisotopic (exact) mass is 637 g/mol. The molecule has 2 saturated heterocycles. The van der Waals surface area contributed by atoms with E-state index < -0.39 is 17.6 Å². The number of piperidine rings is 2. The van der Waals surface area contributed by atoms with Crippen LogP contribution in [-0.4, -0.2) is 51.6 Å². The van der Waals surface area contributed by atoms with Crippen molar-refractivity contribution >= 4 is 54.8 Å². The van der Waals surface area contributed by atoms with Crippen molar-refractivity contribution < 1.29 is 22.4 Å². The van der Waals surface area contributed by atoms with Crippen LogP contribution in [0.15, 0.2) is 30.7 Å². The van der Waals surface area contributed by atoms with Crippen LogP contribution in [0.1, 0.15) is 54.6 Å². The zero-order valence-electron chi connectivity index (χ0n) is 21.8. The lowest BCUT2D eigenvalue weighted by Crippen LogP contribution is -2.36. The SMILES string of the molecule is Cl.Cl.Cl.O=C1Cc2c(ncnc2N2CCC(c3nc(-c4ccc(F)c(C(F)(F)F)c4)cn3C3CCCNC3)CC2)N1. The Hall–Kier alpha value is -2.67. The molecular weight excluding hydrogens is 609 g/mol. The molecule has 3 aromatic rings. The largest absolute Gasteiger partial charge is 0.419 e. The highest BCUT2D eigenvalue weighted by atomic mass is 35.5. The lowest BCUT2D eigenvalue weighted by molar-refractivity contribution is -0.140. The van der Waals surface area contributed by atoms with E-state index in [1.807, 2.05) is 6.20 Å². The summed E-state index contributed by atoms with van der Waals surface area (Å²) in [6, 6.07) is 3.20. The van der Waals surface area contributed by atoms with Crippen molar-refractivity contribution in [2.24, 2.45) is 0 Å². The number of anilines is 2. The maximum Gasteiger partial charge on any atom is 0.419 e. The number of alkyl halides is 3. The van der Waals surface area contributed by atoms with Crippen LogP contribution in [-0.2, 0) is 17.4 Å². The molecule has 224 valence electrons. The second-order valence-electron chi connectivity index (χ2n) is 10.1. The highest BCUT2D eigenvalue weighted by Crippen LogP contribution is 2.38. The normalized spacial score (nSPS) is 19.0. The predicted octanol–water partition coefficient (Wildman–Crippen LogP) is 5.57. The minimum Gasteiger partial charge on any atom is -0.356 e. The lowest BCUT2D eigenvalue weighted by atomic mass is 9.94. The maximum absolute atomic E-state index is 13.9. The van der Waals surface area contributed by atoms with Crippen molar-refractivity contribution in [2.45, 2.75) is 50.2 Å². The van der Waals surface area contributed by atoms with Gasteiger partial charge in [0.1, 0.15) is 29.6 Å². The molecule has 0 aliphatic carbocycles. The molecule has 2 aromatic heterocycles. The van der Waals surface area contributed by atoms with Gasteiger partial charge in [-0.05, 0) is 50.4 Å². The Morgan fingerprint density at radius 3 is 2.46 bits per heavy atom. The van der Waals surface area contributed by atoms with E-state index >= 15 is 0 Å². The number of benzene rings is 1. The average Bonchev–Trinajstić information content (AvgIpc) is 3.52. The van der Waals surface area contributed by atoms with Gasteiger partial charge >= 0.3 is 6.18 Å². The Labute approximate surface area is 252 Å². The minimum absolute atomic E-state index is 0. The molecule has 6 rings (SSSR count). The van der Waals surface area contributed by atoms with Crippen LogP contribution >= 0.6 is 37.2 Å². The van der Waals surface area contributed by atoms with Gasteiger partial charge in [0.2, 0.25) is 5.91 Å². The van der Waals surface area contributed by atoms with Gasteiger partial charge < -0.3 is 20.1 Å². The van der Waals surface area contributed by atoms with Crippen molar-refractivity contribution in [1.82, 2.24) is 24.8 Å². The molecule has 2 fully saturated rings. The molecule has 1 unspecified atom stereocenters. The second kappa shape index (κ2) is 13.1.